The van der Waals surface area contributed by atoms with Crippen LogP contribution in [0, 0.1) is 6.92 Å². The number of nitrogens with one attached hydrogen (secondary N) is 1. The van der Waals surface area contributed by atoms with E-state index in [2.05, 4.69) is 20.2 Å². The van der Waals surface area contributed by atoms with Crippen LogP contribution in [0.2, 0.25) is 0 Å². The quantitative estimate of drug-likeness (QED) is 0.699. The van der Waals surface area contributed by atoms with Gasteiger partial charge in [-0.05, 0) is 45.4 Å². The number of nitrogens with zero attached hydrogens (tertiary/aromatic N) is 4. The van der Waals surface area contributed by atoms with Crippen molar-refractivity contribution in [3.63, 3.8) is 0 Å². The molecule has 1 aromatic heterocycles. The van der Waals surface area contributed by atoms with Crippen molar-refractivity contribution in [1.29, 1.82) is 0 Å². The summed E-state index contributed by atoms with van der Waals surface area (Å²) in [6.45, 7) is 10.7. The van der Waals surface area contributed by atoms with E-state index in [4.69, 9.17) is 0 Å². The summed E-state index contributed by atoms with van der Waals surface area (Å²) < 4.78 is 24.5. The molecule has 9 heteroatoms. The number of aromatic nitrogens is 2. The number of carbonyl (C=O) groups is 1. The Bertz CT molecular complexity index is 1010. The van der Waals surface area contributed by atoms with Crippen molar-refractivity contribution in [2.75, 3.05) is 42.9 Å². The van der Waals surface area contributed by atoms with Gasteiger partial charge in [0, 0.05) is 38.8 Å². The molecule has 2 heterocycles. The van der Waals surface area contributed by atoms with Gasteiger partial charge in [0.2, 0.25) is 5.91 Å². The Labute approximate surface area is 184 Å². The van der Waals surface area contributed by atoms with Crippen LogP contribution in [0.4, 0.5) is 11.6 Å². The van der Waals surface area contributed by atoms with Gasteiger partial charge in [-0.3, -0.25) is 4.79 Å². The zero-order chi connectivity index (χ0) is 22.6. The fourth-order valence-corrected chi connectivity index (χ4v) is 4.59. The molecule has 1 N–H and O–H groups in total. The standard InChI is InChI=1S/C22H31N5O3S/c1-5-23-20-15-21(25-17(4)24-20)26-10-12-27(13-11-26)22(28)14-18-6-8-19(9-7-18)31(29,30)16(2)3/h6-9,15-16H,5,10-14H2,1-4H3,(H,23,24,25). The van der Waals surface area contributed by atoms with E-state index in [0.29, 0.717) is 31.1 Å². The minimum absolute atomic E-state index is 0.0475. The molecule has 1 fully saturated rings. The molecule has 0 aliphatic carbocycles. The van der Waals surface area contributed by atoms with Crippen LogP contribution < -0.4 is 10.2 Å². The zero-order valence-corrected chi connectivity index (χ0v) is 19.4. The highest BCUT2D eigenvalue weighted by atomic mass is 32.2. The largest absolute Gasteiger partial charge is 0.370 e. The van der Waals surface area contributed by atoms with Crippen LogP contribution >= 0.6 is 0 Å². The van der Waals surface area contributed by atoms with Crippen LogP contribution in [0.5, 0.6) is 0 Å². The molecule has 31 heavy (non-hydrogen) atoms. The van der Waals surface area contributed by atoms with Crippen molar-refractivity contribution in [3.05, 3.63) is 41.7 Å². The lowest BCUT2D eigenvalue weighted by Crippen LogP contribution is -2.49. The molecule has 0 radical (unpaired) electrons. The first-order chi connectivity index (χ1) is 14.7. The van der Waals surface area contributed by atoms with Crippen LogP contribution in [0.3, 0.4) is 0 Å². The predicted octanol–water partition coefficient (Wildman–Crippen LogP) is 2.29. The molecule has 2 aromatic rings. The number of anilines is 2. The normalized spacial score (nSPS) is 14.7. The number of hydrogen-bond donors (Lipinski definition) is 1. The maximum Gasteiger partial charge on any atom is 0.227 e. The van der Waals surface area contributed by atoms with Gasteiger partial charge in [0.1, 0.15) is 17.5 Å². The smallest absolute Gasteiger partial charge is 0.227 e. The molecule has 1 aliphatic rings. The van der Waals surface area contributed by atoms with Crippen molar-refractivity contribution >= 4 is 27.4 Å². The van der Waals surface area contributed by atoms with Gasteiger partial charge in [0.15, 0.2) is 9.84 Å². The van der Waals surface area contributed by atoms with Crippen LogP contribution in [-0.2, 0) is 21.1 Å². The summed E-state index contributed by atoms with van der Waals surface area (Å²) in [4.78, 5) is 26.0. The fourth-order valence-electron chi connectivity index (χ4n) is 3.53. The molecule has 0 spiro atoms. The highest BCUT2D eigenvalue weighted by Crippen LogP contribution is 2.19. The third-order valence-corrected chi connectivity index (χ3v) is 7.54. The summed E-state index contributed by atoms with van der Waals surface area (Å²) >= 11 is 0. The van der Waals surface area contributed by atoms with Gasteiger partial charge in [-0.1, -0.05) is 12.1 Å². The maximum absolute atomic E-state index is 12.7. The Balaban J connectivity index is 1.58. The summed E-state index contributed by atoms with van der Waals surface area (Å²) in [6.07, 6.45) is 0.263. The van der Waals surface area contributed by atoms with Crippen molar-refractivity contribution in [2.45, 2.75) is 44.3 Å². The number of rotatable bonds is 7. The number of amides is 1. The number of sulfone groups is 1. The zero-order valence-electron chi connectivity index (χ0n) is 18.6. The minimum atomic E-state index is -3.30. The number of aryl methyl sites for hydroxylation is 1. The Morgan fingerprint density at radius 2 is 1.74 bits per heavy atom. The predicted molar refractivity (Wildman–Crippen MR) is 122 cm³/mol. The van der Waals surface area contributed by atoms with E-state index in [0.717, 1.165) is 29.6 Å². The van der Waals surface area contributed by atoms with Crippen molar-refractivity contribution in [1.82, 2.24) is 14.9 Å². The van der Waals surface area contributed by atoms with E-state index in [9.17, 15) is 13.2 Å². The Hall–Kier alpha value is -2.68. The summed E-state index contributed by atoms with van der Waals surface area (Å²) in [7, 11) is -3.30. The first-order valence-electron chi connectivity index (χ1n) is 10.7. The van der Waals surface area contributed by atoms with E-state index < -0.39 is 15.1 Å². The molecule has 1 amide bonds. The third kappa shape index (κ3) is 5.52. The minimum Gasteiger partial charge on any atom is -0.370 e. The summed E-state index contributed by atoms with van der Waals surface area (Å²) in [5.74, 6) is 2.45. The fraction of sp³-hybridized carbons (Fsp3) is 0.500. The summed E-state index contributed by atoms with van der Waals surface area (Å²) in [5, 5.41) is 2.75. The molecule has 1 saturated heterocycles. The second kappa shape index (κ2) is 9.64. The molecule has 0 unspecified atom stereocenters. The number of hydrogen-bond acceptors (Lipinski definition) is 7. The molecular formula is C22H31N5O3S. The summed E-state index contributed by atoms with van der Waals surface area (Å²) in [6, 6.07) is 8.59. The number of benzene rings is 1. The monoisotopic (exact) mass is 445 g/mol. The van der Waals surface area contributed by atoms with E-state index in [-0.39, 0.29) is 12.3 Å². The van der Waals surface area contributed by atoms with Crippen molar-refractivity contribution < 1.29 is 13.2 Å². The molecule has 3 rings (SSSR count). The van der Waals surface area contributed by atoms with Crippen LogP contribution in [-0.4, -0.2) is 67.2 Å². The number of piperazine rings is 1. The van der Waals surface area contributed by atoms with E-state index in [1.165, 1.54) is 0 Å². The lowest BCUT2D eigenvalue weighted by molar-refractivity contribution is -0.130. The van der Waals surface area contributed by atoms with Gasteiger partial charge in [-0.2, -0.15) is 0 Å². The summed E-state index contributed by atoms with van der Waals surface area (Å²) in [5.41, 5.74) is 0.817. The van der Waals surface area contributed by atoms with Crippen LogP contribution in [0.25, 0.3) is 0 Å². The average Bonchev–Trinajstić information content (AvgIpc) is 2.74. The van der Waals surface area contributed by atoms with Crippen molar-refractivity contribution in [3.8, 4) is 0 Å². The van der Waals surface area contributed by atoms with Crippen LogP contribution in [0.1, 0.15) is 32.2 Å². The van der Waals surface area contributed by atoms with Gasteiger partial charge >= 0.3 is 0 Å². The lowest BCUT2D eigenvalue weighted by atomic mass is 10.1. The molecule has 0 bridgehead atoms. The maximum atomic E-state index is 12.7. The second-order valence-corrected chi connectivity index (χ2v) is 10.5. The Morgan fingerprint density at radius 1 is 1.10 bits per heavy atom. The van der Waals surface area contributed by atoms with Gasteiger partial charge in [-0.15, -0.1) is 0 Å². The second-order valence-electron chi connectivity index (χ2n) is 7.97. The third-order valence-electron chi connectivity index (χ3n) is 5.37. The molecule has 1 aliphatic heterocycles. The van der Waals surface area contributed by atoms with Gasteiger partial charge < -0.3 is 15.1 Å². The highest BCUT2D eigenvalue weighted by Gasteiger charge is 2.23. The number of carbonyl (C=O) groups excluding carboxylic acids is 1. The van der Waals surface area contributed by atoms with E-state index in [1.54, 1.807) is 38.1 Å². The highest BCUT2D eigenvalue weighted by molar-refractivity contribution is 7.92. The van der Waals surface area contributed by atoms with E-state index >= 15 is 0 Å². The SMILES string of the molecule is CCNc1cc(N2CCN(C(=O)Cc3ccc(S(=O)(=O)C(C)C)cc3)CC2)nc(C)n1. The Morgan fingerprint density at radius 3 is 2.32 bits per heavy atom. The molecule has 1 aromatic carbocycles. The first kappa shape index (κ1) is 23.0. The molecule has 0 atom stereocenters. The van der Waals surface area contributed by atoms with Gasteiger partial charge in [-0.25, -0.2) is 18.4 Å². The molecule has 0 saturated carbocycles. The van der Waals surface area contributed by atoms with Gasteiger partial charge in [0.25, 0.3) is 0 Å². The molecule has 168 valence electrons. The molecular weight excluding hydrogens is 414 g/mol. The van der Waals surface area contributed by atoms with Gasteiger partial charge in [0.05, 0.1) is 16.6 Å². The van der Waals surface area contributed by atoms with Crippen molar-refractivity contribution in [2.24, 2.45) is 0 Å². The Kier molecular flexibility index (Phi) is 7.15. The van der Waals surface area contributed by atoms with Crippen LogP contribution in [0.15, 0.2) is 35.2 Å². The lowest BCUT2D eigenvalue weighted by Gasteiger charge is -2.35. The first-order valence-corrected chi connectivity index (χ1v) is 12.2. The average molecular weight is 446 g/mol. The van der Waals surface area contributed by atoms with E-state index in [1.807, 2.05) is 24.8 Å². The molecule has 8 nitrogen and oxygen atoms in total. The topological polar surface area (TPSA) is 95.5 Å².